The zero-order valence-electron chi connectivity index (χ0n) is 3.48. The van der Waals surface area contributed by atoms with Crippen molar-refractivity contribution >= 4 is 12.4 Å². The van der Waals surface area contributed by atoms with E-state index < -0.39 is 0 Å². The Morgan fingerprint density at radius 1 is 1.17 bits per heavy atom. The van der Waals surface area contributed by atoms with Gasteiger partial charge in [0.05, 0.1) is 0 Å². The first kappa shape index (κ1) is 9.13. The van der Waals surface area contributed by atoms with Crippen molar-refractivity contribution in [2.45, 2.75) is 0 Å². The van der Waals surface area contributed by atoms with Crippen LogP contribution in [0.5, 0.6) is 0 Å². The highest BCUT2D eigenvalue weighted by atomic mass is 35.5. The van der Waals surface area contributed by atoms with Gasteiger partial charge in [-0.2, -0.15) is 0 Å². The molecule has 0 radical (unpaired) electrons. The maximum atomic E-state index is 3.37. The minimum Gasteiger partial charge on any atom is -0.369 e. The largest absolute Gasteiger partial charge is 0.369 e. The molecule has 2 heteroatoms. The molecule has 1 nitrogen and oxygen atoms in total. The van der Waals surface area contributed by atoms with E-state index in [-0.39, 0.29) is 12.4 Å². The van der Waals surface area contributed by atoms with Crippen molar-refractivity contribution in [3.63, 3.8) is 0 Å². The summed E-state index contributed by atoms with van der Waals surface area (Å²) in [6, 6.07) is 0. The van der Waals surface area contributed by atoms with Crippen molar-refractivity contribution in [3.05, 3.63) is 25.6 Å². The summed E-state index contributed by atoms with van der Waals surface area (Å²) >= 11 is 0. The van der Waals surface area contributed by atoms with E-state index in [4.69, 9.17) is 0 Å². The first-order valence-corrected chi connectivity index (χ1v) is 1.39. The lowest BCUT2D eigenvalue weighted by Gasteiger charge is -1.75. The van der Waals surface area contributed by atoms with Crippen LogP contribution in [-0.2, 0) is 0 Å². The molecule has 0 aliphatic carbocycles. The molecular weight excluding hydrogens is 97.5 g/mol. The third-order valence-electron chi connectivity index (χ3n) is 0.236. The Labute approximate surface area is 44.2 Å². The lowest BCUT2D eigenvalue weighted by molar-refractivity contribution is 1.21. The van der Waals surface area contributed by atoms with Gasteiger partial charge in [-0.25, -0.2) is 0 Å². The Morgan fingerprint density at radius 3 is 1.50 bits per heavy atom. The van der Waals surface area contributed by atoms with Gasteiger partial charge in [0, 0.05) is 0 Å². The van der Waals surface area contributed by atoms with Gasteiger partial charge in [-0.15, -0.1) is 12.4 Å². The molecule has 0 spiro atoms. The topological polar surface area (TPSA) is 12.0 Å². The van der Waals surface area contributed by atoms with Crippen LogP contribution in [0.25, 0.3) is 0 Å². The van der Waals surface area contributed by atoms with Gasteiger partial charge in [0.2, 0.25) is 0 Å². The van der Waals surface area contributed by atoms with E-state index in [9.17, 15) is 0 Å². The quantitative estimate of drug-likeness (QED) is 0.558. The highest BCUT2D eigenvalue weighted by Crippen LogP contribution is 1.46. The summed E-state index contributed by atoms with van der Waals surface area (Å²) in [5, 5.41) is 2.64. The summed E-state index contributed by atoms with van der Waals surface area (Å²) < 4.78 is 0. The van der Waals surface area contributed by atoms with Gasteiger partial charge in [-0.05, 0) is 12.4 Å². The molecule has 0 aromatic carbocycles. The molecule has 0 aromatic heterocycles. The number of nitrogens with one attached hydrogen (secondary N) is 1. The van der Waals surface area contributed by atoms with Crippen LogP contribution in [-0.4, -0.2) is 0 Å². The fraction of sp³-hybridized carbons (Fsp3) is 0. The number of rotatable bonds is 2. The zero-order valence-corrected chi connectivity index (χ0v) is 4.29. The Kier molecular flexibility index (Phi) is 13.4. The first-order chi connectivity index (χ1) is 2.41. The van der Waals surface area contributed by atoms with Crippen molar-refractivity contribution in [2.75, 3.05) is 0 Å². The molecule has 0 unspecified atom stereocenters. The molecule has 0 bridgehead atoms. The second kappa shape index (κ2) is 8.82. The van der Waals surface area contributed by atoms with Crippen LogP contribution < -0.4 is 5.32 Å². The molecule has 6 heavy (non-hydrogen) atoms. The zero-order chi connectivity index (χ0) is 4.12. The monoisotopic (exact) mass is 105 g/mol. The van der Waals surface area contributed by atoms with E-state index in [0.717, 1.165) is 0 Å². The highest BCUT2D eigenvalue weighted by molar-refractivity contribution is 5.85. The number of hydrogen-bond donors (Lipinski definition) is 1. The number of hydrogen-bond acceptors (Lipinski definition) is 1. The average Bonchev–Trinajstić information content (AvgIpc) is 1.41. The third-order valence-corrected chi connectivity index (χ3v) is 0.236. The van der Waals surface area contributed by atoms with Gasteiger partial charge >= 0.3 is 0 Å². The van der Waals surface area contributed by atoms with E-state index in [0.29, 0.717) is 0 Å². The van der Waals surface area contributed by atoms with Crippen molar-refractivity contribution in [1.82, 2.24) is 5.32 Å². The molecular formula is C4H8ClN. The van der Waals surface area contributed by atoms with E-state index in [1.54, 1.807) is 12.4 Å². The normalized spacial score (nSPS) is 4.67. The summed E-state index contributed by atoms with van der Waals surface area (Å²) in [4.78, 5) is 0. The van der Waals surface area contributed by atoms with Crippen LogP contribution in [0.15, 0.2) is 25.6 Å². The molecule has 0 rings (SSSR count). The van der Waals surface area contributed by atoms with Crippen LogP contribution >= 0.6 is 12.4 Å². The molecule has 0 atom stereocenters. The van der Waals surface area contributed by atoms with Crippen molar-refractivity contribution in [2.24, 2.45) is 0 Å². The molecule has 36 valence electrons. The second-order valence-electron chi connectivity index (χ2n) is 0.575. The Morgan fingerprint density at radius 2 is 1.50 bits per heavy atom. The SMILES string of the molecule is C=CNC=C.Cl. The van der Waals surface area contributed by atoms with Gasteiger partial charge < -0.3 is 5.32 Å². The fourth-order valence-corrected chi connectivity index (χ4v) is 0.0833. The van der Waals surface area contributed by atoms with Crippen molar-refractivity contribution in [3.8, 4) is 0 Å². The van der Waals surface area contributed by atoms with Crippen LogP contribution in [0.1, 0.15) is 0 Å². The van der Waals surface area contributed by atoms with Gasteiger partial charge in [-0.3, -0.25) is 0 Å². The van der Waals surface area contributed by atoms with Crippen molar-refractivity contribution in [1.29, 1.82) is 0 Å². The maximum absolute atomic E-state index is 3.37. The minimum atomic E-state index is 0. The predicted molar refractivity (Wildman–Crippen MR) is 30.8 cm³/mol. The smallest absolute Gasteiger partial charge is 0.00679 e. The summed E-state index contributed by atoms with van der Waals surface area (Å²) in [5.74, 6) is 0. The van der Waals surface area contributed by atoms with E-state index in [2.05, 4.69) is 18.5 Å². The lowest BCUT2D eigenvalue weighted by Crippen LogP contribution is -1.85. The Hall–Kier alpha value is -0.430. The summed E-state index contributed by atoms with van der Waals surface area (Å²) in [6.07, 6.45) is 3.12. The van der Waals surface area contributed by atoms with Gasteiger partial charge in [0.25, 0.3) is 0 Å². The van der Waals surface area contributed by atoms with E-state index >= 15 is 0 Å². The first-order valence-electron chi connectivity index (χ1n) is 1.39. The van der Waals surface area contributed by atoms with Crippen LogP contribution in [0, 0.1) is 0 Å². The lowest BCUT2D eigenvalue weighted by atomic mass is 10.9. The summed E-state index contributed by atoms with van der Waals surface area (Å²) in [6.45, 7) is 6.74. The average molecular weight is 106 g/mol. The molecule has 0 saturated heterocycles. The van der Waals surface area contributed by atoms with Gasteiger partial charge in [-0.1, -0.05) is 13.2 Å². The molecule has 0 amide bonds. The maximum Gasteiger partial charge on any atom is -0.00679 e. The molecule has 0 aliphatic heterocycles. The molecule has 0 saturated carbocycles. The molecule has 0 aromatic rings. The number of halogens is 1. The minimum absolute atomic E-state index is 0. The summed E-state index contributed by atoms with van der Waals surface area (Å²) in [7, 11) is 0. The second-order valence-corrected chi connectivity index (χ2v) is 0.575. The summed E-state index contributed by atoms with van der Waals surface area (Å²) in [5.41, 5.74) is 0. The molecule has 0 aliphatic rings. The molecule has 1 N–H and O–H groups in total. The van der Waals surface area contributed by atoms with Gasteiger partial charge in [0.15, 0.2) is 0 Å². The van der Waals surface area contributed by atoms with Crippen LogP contribution in [0.2, 0.25) is 0 Å². The van der Waals surface area contributed by atoms with Crippen LogP contribution in [0.3, 0.4) is 0 Å². The third kappa shape index (κ3) is 9.57. The molecule has 0 heterocycles. The van der Waals surface area contributed by atoms with E-state index in [1.807, 2.05) is 0 Å². The van der Waals surface area contributed by atoms with Crippen LogP contribution in [0.4, 0.5) is 0 Å². The standard InChI is InChI=1S/C4H7N.ClH/c1-3-5-4-2;/h3-5H,1-2H2;1H. The Bertz CT molecular complexity index is 36.8. The van der Waals surface area contributed by atoms with Crippen molar-refractivity contribution < 1.29 is 0 Å². The predicted octanol–water partition coefficient (Wildman–Crippen LogP) is 1.28. The fourth-order valence-electron chi connectivity index (χ4n) is 0.0833. The van der Waals surface area contributed by atoms with Gasteiger partial charge in [0.1, 0.15) is 0 Å². The Balaban J connectivity index is 0. The van der Waals surface area contributed by atoms with E-state index in [1.165, 1.54) is 0 Å². The highest BCUT2D eigenvalue weighted by Gasteiger charge is 1.43. The molecule has 0 fully saturated rings.